The number of halogens is 2. The quantitative estimate of drug-likeness (QED) is 0.810. The van der Waals surface area contributed by atoms with Crippen LogP contribution < -0.4 is 4.72 Å². The Labute approximate surface area is 132 Å². The topological polar surface area (TPSA) is 46.2 Å². The van der Waals surface area contributed by atoms with Gasteiger partial charge in [0.05, 0.1) is 4.34 Å². The second-order valence-corrected chi connectivity index (χ2v) is 8.19. The molecule has 0 saturated heterocycles. The number of nitrogens with one attached hydrogen (secondary N) is 1. The van der Waals surface area contributed by atoms with Gasteiger partial charge in [0.2, 0.25) is 10.0 Å². The predicted octanol–water partition coefficient (Wildman–Crippen LogP) is 3.53. The first kappa shape index (κ1) is 15.8. The fourth-order valence-electron chi connectivity index (χ4n) is 1.75. The molecule has 1 N–H and O–H groups in total. The summed E-state index contributed by atoms with van der Waals surface area (Å²) in [5.74, 6) is 0.202. The van der Waals surface area contributed by atoms with Crippen LogP contribution in [-0.2, 0) is 16.4 Å². The molecule has 3 nitrogen and oxygen atoms in total. The summed E-state index contributed by atoms with van der Waals surface area (Å²) in [5, 5.41) is 0. The summed E-state index contributed by atoms with van der Waals surface area (Å²) in [5.41, 5.74) is 1.03. The van der Waals surface area contributed by atoms with Crippen molar-refractivity contribution >= 4 is 44.6 Å². The first-order chi connectivity index (χ1) is 9.51. The molecule has 1 aromatic carbocycles. The van der Waals surface area contributed by atoms with E-state index in [0.717, 1.165) is 16.9 Å². The largest absolute Gasteiger partial charge is 0.250 e. The molecule has 0 fully saturated rings. The van der Waals surface area contributed by atoms with E-state index in [0.29, 0.717) is 10.8 Å². The lowest BCUT2D eigenvalue weighted by Crippen LogP contribution is -2.37. The smallest absolute Gasteiger partial charge is 0.206 e. The van der Waals surface area contributed by atoms with Gasteiger partial charge >= 0.3 is 0 Å². The standard InChI is InChI=1S/C13H13Cl2NO2S2/c14-9-11(8-10-4-2-1-3-5-10)16-20(17,18)13-7-6-12(15)19-13/h1-7,11,16H,8-9H2. The Balaban J connectivity index is 2.10. The molecule has 1 atom stereocenters. The molecule has 0 aliphatic heterocycles. The van der Waals surface area contributed by atoms with Gasteiger partial charge in [0.1, 0.15) is 4.21 Å². The molecule has 20 heavy (non-hydrogen) atoms. The van der Waals surface area contributed by atoms with Crippen molar-refractivity contribution in [2.75, 3.05) is 5.88 Å². The number of hydrogen-bond acceptors (Lipinski definition) is 3. The van der Waals surface area contributed by atoms with E-state index in [-0.39, 0.29) is 16.1 Å². The summed E-state index contributed by atoms with van der Waals surface area (Å²) in [6.07, 6.45) is 0.544. The molecule has 0 amide bonds. The SMILES string of the molecule is O=S(=O)(NC(CCl)Cc1ccccc1)c1ccc(Cl)s1. The van der Waals surface area contributed by atoms with Gasteiger partial charge in [-0.05, 0) is 24.1 Å². The van der Waals surface area contributed by atoms with Gasteiger partial charge in [0.25, 0.3) is 0 Å². The molecule has 1 aromatic heterocycles. The van der Waals surface area contributed by atoms with Crippen LogP contribution in [0.15, 0.2) is 46.7 Å². The molecular weight excluding hydrogens is 337 g/mol. The minimum absolute atomic E-state index is 0.200. The van der Waals surface area contributed by atoms with Crippen LogP contribution in [0.3, 0.4) is 0 Å². The Morgan fingerprint density at radius 2 is 1.85 bits per heavy atom. The summed E-state index contributed by atoms with van der Waals surface area (Å²) in [4.78, 5) is 0. The molecule has 0 aliphatic rings. The van der Waals surface area contributed by atoms with Gasteiger partial charge in [-0.3, -0.25) is 0 Å². The van der Waals surface area contributed by atoms with Gasteiger partial charge in [-0.2, -0.15) is 0 Å². The van der Waals surface area contributed by atoms with E-state index >= 15 is 0 Å². The van der Waals surface area contributed by atoms with Gasteiger partial charge in [-0.15, -0.1) is 22.9 Å². The van der Waals surface area contributed by atoms with Crippen LogP contribution in [-0.4, -0.2) is 20.3 Å². The van der Waals surface area contributed by atoms with Crippen LogP contribution in [0.5, 0.6) is 0 Å². The maximum atomic E-state index is 12.2. The van der Waals surface area contributed by atoms with Crippen molar-refractivity contribution in [3.8, 4) is 0 Å². The molecule has 108 valence electrons. The fraction of sp³-hybridized carbons (Fsp3) is 0.231. The van der Waals surface area contributed by atoms with E-state index in [1.807, 2.05) is 30.3 Å². The minimum atomic E-state index is -3.57. The van der Waals surface area contributed by atoms with Crippen LogP contribution in [0, 0.1) is 0 Å². The Morgan fingerprint density at radius 1 is 1.15 bits per heavy atom. The average molecular weight is 350 g/mol. The van der Waals surface area contributed by atoms with Gasteiger partial charge in [-0.25, -0.2) is 13.1 Å². The number of benzene rings is 1. The highest BCUT2D eigenvalue weighted by molar-refractivity contribution is 7.91. The number of rotatable bonds is 6. The summed E-state index contributed by atoms with van der Waals surface area (Å²) in [6.45, 7) is 0. The molecule has 0 bridgehead atoms. The van der Waals surface area contributed by atoms with Crippen molar-refractivity contribution in [3.63, 3.8) is 0 Å². The van der Waals surface area contributed by atoms with Crippen LogP contribution >= 0.6 is 34.5 Å². The Kier molecular flexibility index (Phi) is 5.46. The lowest BCUT2D eigenvalue weighted by atomic mass is 10.1. The zero-order valence-corrected chi connectivity index (χ0v) is 13.6. The second-order valence-electron chi connectivity index (χ2n) is 4.22. The lowest BCUT2D eigenvalue weighted by Gasteiger charge is -2.15. The lowest BCUT2D eigenvalue weighted by molar-refractivity contribution is 0.563. The molecule has 7 heteroatoms. The number of sulfonamides is 1. The molecule has 1 unspecified atom stereocenters. The third-order valence-corrected chi connectivity index (χ3v) is 6.26. The molecule has 2 rings (SSSR count). The third-order valence-electron chi connectivity index (χ3n) is 2.65. The first-order valence-corrected chi connectivity index (χ1v) is 9.10. The molecular formula is C13H13Cl2NO2S2. The summed E-state index contributed by atoms with van der Waals surface area (Å²) in [7, 11) is -3.57. The molecule has 0 saturated carbocycles. The van der Waals surface area contributed by atoms with Gasteiger partial charge in [0, 0.05) is 11.9 Å². The molecule has 0 radical (unpaired) electrons. The Bertz CT molecular complexity index is 656. The molecule has 0 aliphatic carbocycles. The van der Waals surface area contributed by atoms with Crippen molar-refractivity contribution in [2.45, 2.75) is 16.7 Å². The number of thiophene rings is 1. The van der Waals surface area contributed by atoms with Gasteiger partial charge in [-0.1, -0.05) is 41.9 Å². The average Bonchev–Trinajstić information content (AvgIpc) is 2.86. The van der Waals surface area contributed by atoms with E-state index in [1.165, 1.54) is 6.07 Å². The first-order valence-electron chi connectivity index (χ1n) is 5.89. The second kappa shape index (κ2) is 6.91. The zero-order chi connectivity index (χ0) is 14.6. The number of alkyl halides is 1. The highest BCUT2D eigenvalue weighted by atomic mass is 35.5. The molecule has 1 heterocycles. The van der Waals surface area contributed by atoms with Crippen LogP contribution in [0.25, 0.3) is 0 Å². The van der Waals surface area contributed by atoms with Crippen molar-refractivity contribution < 1.29 is 8.42 Å². The fourth-order valence-corrected chi connectivity index (χ4v) is 4.76. The summed E-state index contributed by atoms with van der Waals surface area (Å²) in [6, 6.07) is 12.3. The van der Waals surface area contributed by atoms with E-state index in [2.05, 4.69) is 4.72 Å². The molecule has 0 spiro atoms. The van der Waals surface area contributed by atoms with Gasteiger partial charge < -0.3 is 0 Å². The summed E-state index contributed by atoms with van der Waals surface area (Å²) < 4.78 is 27.6. The van der Waals surface area contributed by atoms with Crippen molar-refractivity contribution in [3.05, 3.63) is 52.4 Å². The van der Waals surface area contributed by atoms with Crippen molar-refractivity contribution in [1.29, 1.82) is 0 Å². The van der Waals surface area contributed by atoms with Crippen molar-refractivity contribution in [1.82, 2.24) is 4.72 Å². The maximum Gasteiger partial charge on any atom is 0.250 e. The van der Waals surface area contributed by atoms with Crippen LogP contribution in [0.4, 0.5) is 0 Å². The maximum absolute atomic E-state index is 12.2. The third kappa shape index (κ3) is 4.20. The highest BCUT2D eigenvalue weighted by Gasteiger charge is 2.21. The van der Waals surface area contributed by atoms with Crippen LogP contribution in [0.2, 0.25) is 4.34 Å². The minimum Gasteiger partial charge on any atom is -0.206 e. The van der Waals surface area contributed by atoms with E-state index in [4.69, 9.17) is 23.2 Å². The highest BCUT2D eigenvalue weighted by Crippen LogP contribution is 2.25. The normalized spacial score (nSPS) is 13.3. The van der Waals surface area contributed by atoms with Crippen LogP contribution in [0.1, 0.15) is 5.56 Å². The monoisotopic (exact) mass is 349 g/mol. The Hall–Kier alpha value is -0.590. The molecule has 2 aromatic rings. The number of hydrogen-bond donors (Lipinski definition) is 1. The predicted molar refractivity (Wildman–Crippen MR) is 84.3 cm³/mol. The van der Waals surface area contributed by atoms with Gasteiger partial charge in [0.15, 0.2) is 0 Å². The zero-order valence-electron chi connectivity index (χ0n) is 10.4. The van der Waals surface area contributed by atoms with E-state index in [1.54, 1.807) is 6.07 Å². The van der Waals surface area contributed by atoms with E-state index < -0.39 is 10.0 Å². The summed E-state index contributed by atoms with van der Waals surface area (Å²) >= 11 is 12.7. The van der Waals surface area contributed by atoms with Crippen molar-refractivity contribution in [2.24, 2.45) is 0 Å². The Morgan fingerprint density at radius 3 is 2.40 bits per heavy atom. The van der Waals surface area contributed by atoms with E-state index in [9.17, 15) is 8.42 Å².